The quantitative estimate of drug-likeness (QED) is 0.828. The largest absolute Gasteiger partial charge is 0.462 e. The average Bonchev–Trinajstić information content (AvgIpc) is 2.71. The molecule has 0 bridgehead atoms. The van der Waals surface area contributed by atoms with Crippen molar-refractivity contribution < 1.29 is 27.5 Å². The van der Waals surface area contributed by atoms with E-state index < -0.39 is 22.1 Å². The van der Waals surface area contributed by atoms with Gasteiger partial charge in [-0.1, -0.05) is 0 Å². The van der Waals surface area contributed by atoms with Crippen LogP contribution in [0.25, 0.3) is 0 Å². The summed E-state index contributed by atoms with van der Waals surface area (Å²) in [6.45, 7) is 4.86. The van der Waals surface area contributed by atoms with Gasteiger partial charge in [0.15, 0.2) is 0 Å². The SMILES string of the molecule is CCOC(=O)NS(=O)(=O)c1c(C(=O)OCC)csc1C. The molecule has 1 aromatic rings. The molecule has 0 aromatic carbocycles. The molecule has 0 atom stereocenters. The molecule has 1 aromatic heterocycles. The second-order valence-corrected chi connectivity index (χ2v) is 6.28. The number of aryl methyl sites for hydroxylation is 1. The minimum Gasteiger partial charge on any atom is -0.462 e. The highest BCUT2D eigenvalue weighted by molar-refractivity contribution is 7.90. The van der Waals surface area contributed by atoms with Gasteiger partial charge in [0.25, 0.3) is 10.0 Å². The lowest BCUT2D eigenvalue weighted by molar-refractivity contribution is 0.0522. The second kappa shape index (κ2) is 6.71. The zero-order valence-electron chi connectivity index (χ0n) is 11.3. The van der Waals surface area contributed by atoms with Gasteiger partial charge in [0, 0.05) is 10.3 Å². The molecule has 7 nitrogen and oxygen atoms in total. The van der Waals surface area contributed by atoms with Gasteiger partial charge in [-0.05, 0) is 20.8 Å². The summed E-state index contributed by atoms with van der Waals surface area (Å²) in [7, 11) is -4.18. The van der Waals surface area contributed by atoms with Crippen molar-refractivity contribution in [2.75, 3.05) is 13.2 Å². The maximum absolute atomic E-state index is 12.1. The number of rotatable bonds is 5. The first-order valence-corrected chi connectivity index (χ1v) is 8.14. The van der Waals surface area contributed by atoms with E-state index >= 15 is 0 Å². The summed E-state index contributed by atoms with van der Waals surface area (Å²) in [5.41, 5.74) is -0.0915. The standard InChI is InChI=1S/C11H15NO6S2/c1-4-17-10(13)8-6-19-7(3)9(8)20(15,16)12-11(14)18-5-2/h6H,4-5H2,1-3H3,(H,12,14). The fraction of sp³-hybridized carbons (Fsp3) is 0.455. The van der Waals surface area contributed by atoms with Crippen LogP contribution in [0.5, 0.6) is 0 Å². The highest BCUT2D eigenvalue weighted by Gasteiger charge is 2.29. The molecule has 1 heterocycles. The Bertz CT molecular complexity index is 604. The van der Waals surface area contributed by atoms with Crippen molar-refractivity contribution in [2.45, 2.75) is 25.7 Å². The van der Waals surface area contributed by atoms with Crippen LogP contribution >= 0.6 is 11.3 Å². The Balaban J connectivity index is 3.15. The molecule has 1 amide bonds. The Labute approximate surface area is 120 Å². The molecule has 0 aliphatic carbocycles. The minimum absolute atomic E-state index is 0.0364. The molecule has 0 unspecified atom stereocenters. The van der Waals surface area contributed by atoms with E-state index in [9.17, 15) is 18.0 Å². The molecular weight excluding hydrogens is 306 g/mol. The summed E-state index contributed by atoms with van der Waals surface area (Å²) in [6.07, 6.45) is -1.09. The van der Waals surface area contributed by atoms with Crippen molar-refractivity contribution in [3.05, 3.63) is 15.8 Å². The number of nitrogens with one attached hydrogen (secondary N) is 1. The number of carbonyl (C=O) groups excluding carboxylic acids is 2. The molecule has 9 heteroatoms. The van der Waals surface area contributed by atoms with Crippen molar-refractivity contribution in [1.82, 2.24) is 4.72 Å². The van der Waals surface area contributed by atoms with Crippen LogP contribution in [-0.4, -0.2) is 33.7 Å². The number of carbonyl (C=O) groups is 2. The highest BCUT2D eigenvalue weighted by Crippen LogP contribution is 2.27. The predicted octanol–water partition coefficient (Wildman–Crippen LogP) is 1.67. The molecule has 0 spiro atoms. The van der Waals surface area contributed by atoms with E-state index in [0.717, 1.165) is 11.3 Å². The van der Waals surface area contributed by atoms with E-state index in [1.807, 2.05) is 0 Å². The fourth-order valence-electron chi connectivity index (χ4n) is 1.45. The number of sulfonamides is 1. The van der Waals surface area contributed by atoms with Crippen LogP contribution in [-0.2, 0) is 19.5 Å². The minimum atomic E-state index is -4.18. The van der Waals surface area contributed by atoms with Crippen LogP contribution in [0.15, 0.2) is 10.3 Å². The summed E-state index contributed by atoms with van der Waals surface area (Å²) in [4.78, 5) is 23.1. The van der Waals surface area contributed by atoms with Crippen LogP contribution in [0.3, 0.4) is 0 Å². The van der Waals surface area contributed by atoms with Gasteiger partial charge >= 0.3 is 12.1 Å². The molecule has 0 fully saturated rings. The van der Waals surface area contributed by atoms with Crippen molar-refractivity contribution in [3.8, 4) is 0 Å². The molecular formula is C11H15NO6S2. The predicted molar refractivity (Wildman–Crippen MR) is 72.4 cm³/mol. The van der Waals surface area contributed by atoms with E-state index in [-0.39, 0.29) is 23.7 Å². The summed E-state index contributed by atoms with van der Waals surface area (Å²) in [5, 5.41) is 1.38. The van der Waals surface area contributed by atoms with Crippen molar-refractivity contribution in [1.29, 1.82) is 0 Å². The molecule has 0 saturated heterocycles. The Kier molecular flexibility index (Phi) is 5.52. The average molecular weight is 321 g/mol. The van der Waals surface area contributed by atoms with Gasteiger partial charge in [-0.25, -0.2) is 22.7 Å². The number of ether oxygens (including phenoxy) is 2. The molecule has 1 rings (SSSR count). The molecule has 112 valence electrons. The zero-order chi connectivity index (χ0) is 15.3. The van der Waals surface area contributed by atoms with Gasteiger partial charge < -0.3 is 9.47 Å². The third-order valence-corrected chi connectivity index (χ3v) is 4.71. The summed E-state index contributed by atoms with van der Waals surface area (Å²) in [6, 6.07) is 0. The lowest BCUT2D eigenvalue weighted by atomic mass is 10.3. The van der Waals surface area contributed by atoms with Crippen molar-refractivity contribution >= 4 is 33.4 Å². The van der Waals surface area contributed by atoms with E-state index in [4.69, 9.17) is 4.74 Å². The Morgan fingerprint density at radius 3 is 2.40 bits per heavy atom. The molecule has 20 heavy (non-hydrogen) atoms. The number of amides is 1. The van der Waals surface area contributed by atoms with Crippen LogP contribution in [0.4, 0.5) is 4.79 Å². The Morgan fingerprint density at radius 2 is 1.85 bits per heavy atom. The van der Waals surface area contributed by atoms with Gasteiger partial charge in [0.1, 0.15) is 4.90 Å². The van der Waals surface area contributed by atoms with E-state index in [1.165, 1.54) is 12.3 Å². The topological polar surface area (TPSA) is 98.8 Å². The second-order valence-electron chi connectivity index (χ2n) is 3.58. The normalized spacial score (nSPS) is 10.9. The number of hydrogen-bond acceptors (Lipinski definition) is 7. The first kappa shape index (κ1) is 16.4. The van der Waals surface area contributed by atoms with Crippen LogP contribution in [0.2, 0.25) is 0 Å². The van der Waals surface area contributed by atoms with Crippen LogP contribution in [0.1, 0.15) is 29.1 Å². The number of hydrogen-bond donors (Lipinski definition) is 1. The van der Waals surface area contributed by atoms with E-state index in [1.54, 1.807) is 18.6 Å². The first-order chi connectivity index (χ1) is 9.33. The molecule has 0 saturated carbocycles. The molecule has 1 N–H and O–H groups in total. The summed E-state index contributed by atoms with van der Waals surface area (Å²) in [5.74, 6) is -0.749. The van der Waals surface area contributed by atoms with Gasteiger partial charge in [-0.3, -0.25) is 0 Å². The molecule has 0 aliphatic rings. The highest BCUT2D eigenvalue weighted by atomic mass is 32.2. The van der Waals surface area contributed by atoms with Gasteiger partial charge in [0.05, 0.1) is 18.8 Å². The van der Waals surface area contributed by atoms with Crippen molar-refractivity contribution in [2.24, 2.45) is 0 Å². The summed E-state index contributed by atoms with van der Waals surface area (Å²) < 4.78 is 35.3. The van der Waals surface area contributed by atoms with E-state index in [2.05, 4.69) is 4.74 Å². The Morgan fingerprint density at radius 1 is 1.25 bits per heavy atom. The van der Waals surface area contributed by atoms with Gasteiger partial charge in [0.2, 0.25) is 0 Å². The molecule has 0 radical (unpaired) electrons. The van der Waals surface area contributed by atoms with Crippen LogP contribution in [0, 0.1) is 6.92 Å². The van der Waals surface area contributed by atoms with Crippen molar-refractivity contribution in [3.63, 3.8) is 0 Å². The lowest BCUT2D eigenvalue weighted by Crippen LogP contribution is -2.32. The maximum atomic E-state index is 12.1. The first-order valence-electron chi connectivity index (χ1n) is 5.78. The molecule has 0 aliphatic heterocycles. The zero-order valence-corrected chi connectivity index (χ0v) is 12.9. The fourth-order valence-corrected chi connectivity index (χ4v) is 3.91. The van der Waals surface area contributed by atoms with Crippen LogP contribution < -0.4 is 4.72 Å². The third kappa shape index (κ3) is 3.70. The number of thiophene rings is 1. The maximum Gasteiger partial charge on any atom is 0.421 e. The van der Waals surface area contributed by atoms with E-state index in [0.29, 0.717) is 4.88 Å². The monoisotopic (exact) mass is 321 g/mol. The number of esters is 1. The summed E-state index contributed by atoms with van der Waals surface area (Å²) >= 11 is 1.08. The van der Waals surface area contributed by atoms with Gasteiger partial charge in [-0.15, -0.1) is 11.3 Å². The lowest BCUT2D eigenvalue weighted by Gasteiger charge is -2.08. The third-order valence-electron chi connectivity index (χ3n) is 2.18. The smallest absolute Gasteiger partial charge is 0.421 e. The Hall–Kier alpha value is -1.61. The van der Waals surface area contributed by atoms with Gasteiger partial charge in [-0.2, -0.15) is 0 Å².